The normalized spacial score (nSPS) is 50.7. The molecule has 0 N–H and O–H groups in total. The molecule has 0 aromatic heterocycles. The average Bonchev–Trinajstić information content (AvgIpc) is 2.97. The Bertz CT molecular complexity index is 494. The first kappa shape index (κ1) is 17.5. The van der Waals surface area contributed by atoms with Gasteiger partial charge >= 0.3 is 0 Å². The molecule has 0 amide bonds. The molecule has 0 heterocycles. The summed E-state index contributed by atoms with van der Waals surface area (Å²) in [5, 5.41) is 0.531. The highest BCUT2D eigenvalue weighted by Crippen LogP contribution is 2.64. The van der Waals surface area contributed by atoms with Gasteiger partial charge in [0.15, 0.2) is 0 Å². The van der Waals surface area contributed by atoms with Crippen LogP contribution in [0.4, 0.5) is 4.39 Å². The van der Waals surface area contributed by atoms with E-state index in [9.17, 15) is 9.18 Å². The number of alkyl halides is 2. The summed E-state index contributed by atoms with van der Waals surface area (Å²) in [6.07, 6.45) is 11.2. The van der Waals surface area contributed by atoms with Crippen molar-refractivity contribution in [3.8, 4) is 0 Å². The molecule has 0 saturated heterocycles. The maximum absolute atomic E-state index is 13.1. The maximum Gasteiger partial charge on any atom is 0.147 e. The van der Waals surface area contributed by atoms with E-state index < -0.39 is 0 Å². The summed E-state index contributed by atoms with van der Waals surface area (Å²) in [6.45, 7) is 2.33. The second-order valence-corrected chi connectivity index (χ2v) is 10.1. The molecular weight excluding hydrogens is 367 g/mol. The quantitative estimate of drug-likeness (QED) is 0.548. The Morgan fingerprint density at radius 1 is 1.04 bits per heavy atom. The molecule has 0 spiro atoms. The summed E-state index contributed by atoms with van der Waals surface area (Å²) >= 11 is 3.41. The van der Waals surface area contributed by atoms with E-state index in [2.05, 4.69) is 22.9 Å². The minimum atomic E-state index is -0.103. The number of hydrogen-bond donors (Lipinski definition) is 0. The fourth-order valence-electron chi connectivity index (χ4n) is 7.71. The van der Waals surface area contributed by atoms with Gasteiger partial charge in [0, 0.05) is 5.92 Å². The first-order valence-corrected chi connectivity index (χ1v) is 11.3. The summed E-state index contributed by atoms with van der Waals surface area (Å²) in [4.78, 5) is 12.4. The van der Waals surface area contributed by atoms with Gasteiger partial charge in [-0.25, -0.2) is 0 Å². The van der Waals surface area contributed by atoms with Crippen LogP contribution in [-0.4, -0.2) is 17.8 Å². The van der Waals surface area contributed by atoms with E-state index in [-0.39, 0.29) is 12.1 Å². The van der Waals surface area contributed by atoms with Crippen LogP contribution in [0.2, 0.25) is 0 Å². The van der Waals surface area contributed by atoms with Crippen molar-refractivity contribution in [1.82, 2.24) is 0 Å². The van der Waals surface area contributed by atoms with Crippen molar-refractivity contribution in [1.29, 1.82) is 0 Å². The first-order valence-electron chi connectivity index (χ1n) is 10.2. The zero-order valence-electron chi connectivity index (χ0n) is 15.0. The Kier molecular flexibility index (Phi) is 4.86. The standard InChI is InChI=1S/C21H32BrFO/c1-21-9-8-16-15-4-2-13(12-23)10-14(15)3-5-17(16)18(21)6-7-19(21)20(24)11-22/h13-19H,2-12H2,1H3. The summed E-state index contributed by atoms with van der Waals surface area (Å²) in [6, 6.07) is 0. The monoisotopic (exact) mass is 398 g/mol. The lowest BCUT2D eigenvalue weighted by Crippen LogP contribution is -2.49. The molecule has 0 aliphatic heterocycles. The molecule has 4 aliphatic carbocycles. The maximum atomic E-state index is 13.1. The Hall–Kier alpha value is 0.0800. The lowest BCUT2D eigenvalue weighted by atomic mass is 9.49. The summed E-state index contributed by atoms with van der Waals surface area (Å²) in [5.41, 5.74) is 0.259. The van der Waals surface area contributed by atoms with Crippen LogP contribution in [0.25, 0.3) is 0 Å². The fraction of sp³-hybridized carbons (Fsp3) is 0.952. The van der Waals surface area contributed by atoms with Gasteiger partial charge in [0.25, 0.3) is 0 Å². The van der Waals surface area contributed by atoms with Crippen LogP contribution in [0, 0.1) is 46.8 Å². The highest BCUT2D eigenvalue weighted by molar-refractivity contribution is 9.09. The minimum absolute atomic E-state index is 0.103. The number of carbonyl (C=O) groups excluding carboxylic acids is 1. The van der Waals surface area contributed by atoms with Crippen molar-refractivity contribution < 1.29 is 9.18 Å². The molecule has 4 rings (SSSR count). The lowest BCUT2D eigenvalue weighted by molar-refractivity contribution is -0.127. The molecule has 4 saturated carbocycles. The number of ketones is 1. The number of fused-ring (bicyclic) bond motifs is 5. The van der Waals surface area contributed by atoms with Crippen LogP contribution in [0.5, 0.6) is 0 Å². The second-order valence-electron chi connectivity index (χ2n) is 9.54. The summed E-state index contributed by atoms with van der Waals surface area (Å²) in [7, 11) is 0. The summed E-state index contributed by atoms with van der Waals surface area (Å²) in [5.74, 6) is 5.24. The van der Waals surface area contributed by atoms with Gasteiger partial charge in [0.2, 0.25) is 0 Å². The fourth-order valence-corrected chi connectivity index (χ4v) is 8.10. The van der Waals surface area contributed by atoms with Crippen LogP contribution in [-0.2, 0) is 4.79 Å². The Labute approximate surface area is 154 Å². The van der Waals surface area contributed by atoms with Gasteiger partial charge < -0.3 is 0 Å². The van der Waals surface area contributed by atoms with Gasteiger partial charge in [-0.15, -0.1) is 0 Å². The molecule has 0 aromatic rings. The molecular formula is C21H32BrFO. The third-order valence-electron chi connectivity index (χ3n) is 8.80. The van der Waals surface area contributed by atoms with E-state index in [4.69, 9.17) is 0 Å². The van der Waals surface area contributed by atoms with Crippen LogP contribution in [0.15, 0.2) is 0 Å². The van der Waals surface area contributed by atoms with Crippen molar-refractivity contribution in [2.75, 3.05) is 12.0 Å². The third-order valence-corrected chi connectivity index (χ3v) is 9.35. The molecule has 8 atom stereocenters. The minimum Gasteiger partial charge on any atom is -0.298 e. The highest BCUT2D eigenvalue weighted by atomic mass is 79.9. The zero-order chi connectivity index (χ0) is 16.9. The number of halogens is 2. The third kappa shape index (κ3) is 2.63. The van der Waals surface area contributed by atoms with Crippen molar-refractivity contribution >= 4 is 21.7 Å². The predicted molar refractivity (Wildman–Crippen MR) is 98.9 cm³/mol. The van der Waals surface area contributed by atoms with Crippen LogP contribution >= 0.6 is 15.9 Å². The van der Waals surface area contributed by atoms with E-state index in [1.165, 1.54) is 38.5 Å². The SMILES string of the molecule is CC12CCC3C4CCC(CF)CC4CCC3C1CCC2C(=O)CBr. The molecule has 0 radical (unpaired) electrons. The molecule has 0 bridgehead atoms. The molecule has 0 aromatic carbocycles. The van der Waals surface area contributed by atoms with Crippen molar-refractivity contribution in [3.05, 3.63) is 0 Å². The Balaban J connectivity index is 1.52. The molecule has 8 unspecified atom stereocenters. The molecule has 4 fully saturated rings. The van der Waals surface area contributed by atoms with Crippen LogP contribution in [0.1, 0.15) is 64.7 Å². The van der Waals surface area contributed by atoms with Crippen molar-refractivity contribution in [2.24, 2.45) is 46.8 Å². The molecule has 4 aliphatic rings. The smallest absolute Gasteiger partial charge is 0.147 e. The van der Waals surface area contributed by atoms with E-state index >= 15 is 0 Å². The number of hydrogen-bond acceptors (Lipinski definition) is 1. The van der Waals surface area contributed by atoms with E-state index in [0.717, 1.165) is 48.9 Å². The zero-order valence-corrected chi connectivity index (χ0v) is 16.6. The van der Waals surface area contributed by atoms with Gasteiger partial charge in [-0.1, -0.05) is 22.9 Å². The van der Waals surface area contributed by atoms with E-state index in [1.807, 2.05) is 0 Å². The number of carbonyl (C=O) groups is 1. The average molecular weight is 399 g/mol. The highest BCUT2D eigenvalue weighted by Gasteiger charge is 2.58. The topological polar surface area (TPSA) is 17.1 Å². The van der Waals surface area contributed by atoms with Crippen molar-refractivity contribution in [3.63, 3.8) is 0 Å². The molecule has 136 valence electrons. The van der Waals surface area contributed by atoms with Gasteiger partial charge in [-0.3, -0.25) is 9.18 Å². The second kappa shape index (κ2) is 6.67. The number of Topliss-reactive ketones (excluding diaryl/α,β-unsaturated/α-hetero) is 1. The van der Waals surface area contributed by atoms with Gasteiger partial charge in [-0.05, 0) is 98.7 Å². The molecule has 1 nitrogen and oxygen atoms in total. The Morgan fingerprint density at radius 2 is 1.83 bits per heavy atom. The predicted octanol–water partition coefficient (Wildman–Crippen LogP) is 5.80. The summed E-state index contributed by atoms with van der Waals surface area (Å²) < 4.78 is 13.1. The molecule has 24 heavy (non-hydrogen) atoms. The van der Waals surface area contributed by atoms with Crippen LogP contribution < -0.4 is 0 Å². The lowest BCUT2D eigenvalue weighted by Gasteiger charge is -2.56. The van der Waals surface area contributed by atoms with Crippen LogP contribution in [0.3, 0.4) is 0 Å². The van der Waals surface area contributed by atoms with Gasteiger partial charge in [0.05, 0.1) is 12.0 Å². The first-order chi connectivity index (χ1) is 11.6. The van der Waals surface area contributed by atoms with E-state index in [0.29, 0.717) is 22.9 Å². The number of rotatable bonds is 3. The van der Waals surface area contributed by atoms with Crippen molar-refractivity contribution in [2.45, 2.75) is 64.7 Å². The largest absolute Gasteiger partial charge is 0.298 e. The van der Waals surface area contributed by atoms with Gasteiger partial charge in [0.1, 0.15) is 5.78 Å². The molecule has 3 heteroatoms. The Morgan fingerprint density at radius 3 is 2.58 bits per heavy atom. The van der Waals surface area contributed by atoms with E-state index in [1.54, 1.807) is 0 Å². The van der Waals surface area contributed by atoms with Gasteiger partial charge in [-0.2, -0.15) is 0 Å².